The van der Waals surface area contributed by atoms with E-state index in [1.165, 1.54) is 0 Å². The molecule has 100 valence electrons. The summed E-state index contributed by atoms with van der Waals surface area (Å²) in [6, 6.07) is 6.93. The molecule has 0 radical (unpaired) electrons. The molecule has 0 aliphatic heterocycles. The van der Waals surface area contributed by atoms with Crippen molar-refractivity contribution in [2.45, 2.75) is 12.5 Å². The molecule has 1 atom stereocenters. The normalized spacial score (nSPS) is 12.5. The molecule has 1 aromatic rings. The molecule has 2 N–H and O–H groups in total. The van der Waals surface area contributed by atoms with E-state index in [0.717, 1.165) is 5.56 Å². The second-order valence-electron chi connectivity index (χ2n) is 4.42. The van der Waals surface area contributed by atoms with Crippen LogP contribution in [0.25, 0.3) is 0 Å². The number of benzene rings is 1. The van der Waals surface area contributed by atoms with Crippen LogP contribution in [0.15, 0.2) is 24.3 Å². The molecule has 1 aromatic carbocycles. The second kappa shape index (κ2) is 7.36. The zero-order valence-electron chi connectivity index (χ0n) is 10.7. The Labute approximate surface area is 113 Å². The summed E-state index contributed by atoms with van der Waals surface area (Å²) < 4.78 is 0. The van der Waals surface area contributed by atoms with Gasteiger partial charge in [-0.3, -0.25) is 4.79 Å². The SMILES string of the molecule is CN(C)CCC(=O)NCC(O)c1ccc(Cl)cc1. The summed E-state index contributed by atoms with van der Waals surface area (Å²) in [5, 5.41) is 13.2. The van der Waals surface area contributed by atoms with Gasteiger partial charge < -0.3 is 15.3 Å². The van der Waals surface area contributed by atoms with Gasteiger partial charge in [0.25, 0.3) is 0 Å². The third-order valence-corrected chi connectivity index (χ3v) is 2.79. The van der Waals surface area contributed by atoms with Crippen molar-refractivity contribution < 1.29 is 9.90 Å². The number of hydrogen-bond acceptors (Lipinski definition) is 3. The number of halogens is 1. The van der Waals surface area contributed by atoms with Gasteiger partial charge in [-0.25, -0.2) is 0 Å². The van der Waals surface area contributed by atoms with Crippen molar-refractivity contribution in [1.82, 2.24) is 10.2 Å². The Morgan fingerprint density at radius 3 is 2.56 bits per heavy atom. The molecule has 0 aliphatic carbocycles. The number of amides is 1. The molecule has 1 rings (SSSR count). The van der Waals surface area contributed by atoms with Gasteiger partial charge in [-0.1, -0.05) is 23.7 Å². The van der Waals surface area contributed by atoms with E-state index in [1.54, 1.807) is 24.3 Å². The van der Waals surface area contributed by atoms with Crippen LogP contribution in [0, 0.1) is 0 Å². The molecule has 0 spiro atoms. The van der Waals surface area contributed by atoms with Crippen LogP contribution in [0.1, 0.15) is 18.1 Å². The van der Waals surface area contributed by atoms with E-state index in [9.17, 15) is 9.90 Å². The van der Waals surface area contributed by atoms with Crippen LogP contribution < -0.4 is 5.32 Å². The second-order valence-corrected chi connectivity index (χ2v) is 4.86. The molecule has 0 bridgehead atoms. The molecule has 1 unspecified atom stereocenters. The number of nitrogens with zero attached hydrogens (tertiary/aromatic N) is 1. The molecule has 0 saturated carbocycles. The number of rotatable bonds is 6. The van der Waals surface area contributed by atoms with Gasteiger partial charge in [0.05, 0.1) is 6.10 Å². The highest BCUT2D eigenvalue weighted by Gasteiger charge is 2.09. The van der Waals surface area contributed by atoms with Crippen molar-refractivity contribution in [2.24, 2.45) is 0 Å². The van der Waals surface area contributed by atoms with Gasteiger partial charge in [0.2, 0.25) is 5.91 Å². The maximum atomic E-state index is 11.5. The zero-order valence-corrected chi connectivity index (χ0v) is 11.4. The predicted octanol–water partition coefficient (Wildman–Crippen LogP) is 1.44. The summed E-state index contributed by atoms with van der Waals surface area (Å²) in [6.45, 7) is 0.913. The van der Waals surface area contributed by atoms with Crippen LogP contribution in [-0.4, -0.2) is 43.1 Å². The maximum Gasteiger partial charge on any atom is 0.221 e. The molecular weight excluding hydrogens is 252 g/mol. The van der Waals surface area contributed by atoms with E-state index < -0.39 is 6.10 Å². The number of carbonyl (C=O) groups excluding carboxylic acids is 1. The highest BCUT2D eigenvalue weighted by molar-refractivity contribution is 6.30. The molecule has 0 aromatic heterocycles. The standard InChI is InChI=1S/C13H19ClN2O2/c1-16(2)8-7-13(18)15-9-12(17)10-3-5-11(14)6-4-10/h3-6,12,17H,7-9H2,1-2H3,(H,15,18). The minimum Gasteiger partial charge on any atom is -0.387 e. The van der Waals surface area contributed by atoms with Gasteiger partial charge in [0.15, 0.2) is 0 Å². The van der Waals surface area contributed by atoms with Gasteiger partial charge in [0, 0.05) is 24.5 Å². The molecule has 0 fully saturated rings. The fraction of sp³-hybridized carbons (Fsp3) is 0.462. The van der Waals surface area contributed by atoms with Crippen molar-refractivity contribution in [3.8, 4) is 0 Å². The average Bonchev–Trinajstić information content (AvgIpc) is 2.34. The lowest BCUT2D eigenvalue weighted by Gasteiger charge is -2.13. The fourth-order valence-electron chi connectivity index (χ4n) is 1.43. The van der Waals surface area contributed by atoms with Crippen LogP contribution in [0.5, 0.6) is 0 Å². The molecule has 0 heterocycles. The van der Waals surface area contributed by atoms with Crippen molar-refractivity contribution >= 4 is 17.5 Å². The first-order chi connectivity index (χ1) is 8.49. The first-order valence-corrected chi connectivity index (χ1v) is 6.22. The highest BCUT2D eigenvalue weighted by Crippen LogP contribution is 2.15. The molecule has 18 heavy (non-hydrogen) atoms. The van der Waals surface area contributed by atoms with E-state index in [-0.39, 0.29) is 12.5 Å². The average molecular weight is 271 g/mol. The quantitative estimate of drug-likeness (QED) is 0.823. The van der Waals surface area contributed by atoms with Gasteiger partial charge >= 0.3 is 0 Å². The largest absolute Gasteiger partial charge is 0.387 e. The molecule has 1 amide bonds. The van der Waals surface area contributed by atoms with E-state index in [1.807, 2.05) is 19.0 Å². The van der Waals surface area contributed by atoms with Gasteiger partial charge in [-0.05, 0) is 31.8 Å². The number of carbonyl (C=O) groups is 1. The molecular formula is C13H19ClN2O2. The maximum absolute atomic E-state index is 11.5. The Morgan fingerprint density at radius 2 is 2.00 bits per heavy atom. The summed E-state index contributed by atoms with van der Waals surface area (Å²) in [5.74, 6) is -0.0586. The van der Waals surface area contributed by atoms with Crippen molar-refractivity contribution in [3.63, 3.8) is 0 Å². The topological polar surface area (TPSA) is 52.6 Å². The summed E-state index contributed by atoms with van der Waals surface area (Å²) >= 11 is 5.76. The Kier molecular flexibility index (Phi) is 6.12. The van der Waals surface area contributed by atoms with Gasteiger partial charge in [-0.2, -0.15) is 0 Å². The Morgan fingerprint density at radius 1 is 1.39 bits per heavy atom. The van der Waals surface area contributed by atoms with E-state index >= 15 is 0 Å². The third-order valence-electron chi connectivity index (χ3n) is 2.53. The lowest BCUT2D eigenvalue weighted by molar-refractivity contribution is -0.121. The van der Waals surface area contributed by atoms with Crippen LogP contribution >= 0.6 is 11.6 Å². The monoisotopic (exact) mass is 270 g/mol. The van der Waals surface area contributed by atoms with E-state index in [4.69, 9.17) is 11.6 Å². The highest BCUT2D eigenvalue weighted by atomic mass is 35.5. The molecule has 4 nitrogen and oxygen atoms in total. The van der Waals surface area contributed by atoms with Crippen molar-refractivity contribution in [3.05, 3.63) is 34.9 Å². The predicted molar refractivity (Wildman–Crippen MR) is 72.6 cm³/mol. The van der Waals surface area contributed by atoms with E-state index in [2.05, 4.69) is 5.32 Å². The smallest absolute Gasteiger partial charge is 0.221 e. The number of nitrogens with one attached hydrogen (secondary N) is 1. The lowest BCUT2D eigenvalue weighted by atomic mass is 10.1. The van der Waals surface area contributed by atoms with Crippen LogP contribution in [-0.2, 0) is 4.79 Å². The van der Waals surface area contributed by atoms with Crippen LogP contribution in [0.2, 0.25) is 5.02 Å². The molecule has 5 heteroatoms. The summed E-state index contributed by atoms with van der Waals surface area (Å²) in [6.07, 6.45) is -0.272. The summed E-state index contributed by atoms with van der Waals surface area (Å²) in [7, 11) is 3.83. The van der Waals surface area contributed by atoms with Gasteiger partial charge in [-0.15, -0.1) is 0 Å². The number of aliphatic hydroxyl groups is 1. The fourth-order valence-corrected chi connectivity index (χ4v) is 1.55. The Bertz CT molecular complexity index is 379. The first-order valence-electron chi connectivity index (χ1n) is 5.84. The molecule has 0 aliphatic rings. The van der Waals surface area contributed by atoms with Crippen LogP contribution in [0.3, 0.4) is 0 Å². The first kappa shape index (κ1) is 15.0. The van der Waals surface area contributed by atoms with Crippen molar-refractivity contribution in [2.75, 3.05) is 27.2 Å². The Hall–Kier alpha value is -1.10. The molecule has 0 saturated heterocycles. The summed E-state index contributed by atoms with van der Waals surface area (Å²) in [4.78, 5) is 13.4. The van der Waals surface area contributed by atoms with Crippen LogP contribution in [0.4, 0.5) is 0 Å². The summed E-state index contributed by atoms with van der Waals surface area (Å²) in [5.41, 5.74) is 0.743. The third kappa shape index (κ3) is 5.49. The van der Waals surface area contributed by atoms with Gasteiger partial charge in [0.1, 0.15) is 0 Å². The minimum absolute atomic E-state index is 0.0586. The number of aliphatic hydroxyl groups excluding tert-OH is 1. The van der Waals surface area contributed by atoms with E-state index in [0.29, 0.717) is 18.0 Å². The number of hydrogen-bond donors (Lipinski definition) is 2. The Balaban J connectivity index is 2.34. The zero-order chi connectivity index (χ0) is 13.5. The van der Waals surface area contributed by atoms with Crippen molar-refractivity contribution in [1.29, 1.82) is 0 Å². The lowest BCUT2D eigenvalue weighted by Crippen LogP contribution is -2.30. The minimum atomic E-state index is -0.703.